The molecule has 1 atom stereocenters. The molecule has 0 aromatic heterocycles. The maximum Gasteiger partial charge on any atom is 0.319 e. The molecule has 0 saturated heterocycles. The number of anilines is 1. The van der Waals surface area contributed by atoms with Gasteiger partial charge in [0.05, 0.1) is 12.6 Å². The lowest BCUT2D eigenvalue weighted by Gasteiger charge is -2.11. The lowest BCUT2D eigenvalue weighted by atomic mass is 10.3. The van der Waals surface area contributed by atoms with Crippen molar-refractivity contribution in [2.45, 2.75) is 13.0 Å². The molecular formula is C10H13ClN2O2. The van der Waals surface area contributed by atoms with Crippen LogP contribution in [0.5, 0.6) is 0 Å². The van der Waals surface area contributed by atoms with Crippen molar-refractivity contribution >= 4 is 23.3 Å². The molecule has 82 valence electrons. The molecule has 0 bridgehead atoms. The van der Waals surface area contributed by atoms with E-state index in [9.17, 15) is 4.79 Å². The summed E-state index contributed by atoms with van der Waals surface area (Å²) in [4.78, 5) is 11.3. The average molecular weight is 229 g/mol. The Morgan fingerprint density at radius 3 is 2.60 bits per heavy atom. The molecule has 4 nitrogen and oxygen atoms in total. The summed E-state index contributed by atoms with van der Waals surface area (Å²) < 4.78 is 0. The van der Waals surface area contributed by atoms with Gasteiger partial charge in [0.25, 0.3) is 0 Å². The molecule has 3 N–H and O–H groups in total. The van der Waals surface area contributed by atoms with Crippen LogP contribution in [0.15, 0.2) is 24.3 Å². The second-order valence-corrected chi connectivity index (χ2v) is 3.63. The van der Waals surface area contributed by atoms with Crippen LogP contribution in [0.3, 0.4) is 0 Å². The fourth-order valence-corrected chi connectivity index (χ4v) is 1.10. The van der Waals surface area contributed by atoms with Gasteiger partial charge in [0.1, 0.15) is 0 Å². The van der Waals surface area contributed by atoms with E-state index in [2.05, 4.69) is 10.6 Å². The Hall–Kier alpha value is -1.26. The van der Waals surface area contributed by atoms with Crippen molar-refractivity contribution in [2.75, 3.05) is 11.9 Å². The smallest absolute Gasteiger partial charge is 0.319 e. The molecule has 0 spiro atoms. The maximum absolute atomic E-state index is 11.3. The molecule has 0 heterocycles. The summed E-state index contributed by atoms with van der Waals surface area (Å²) in [6, 6.07) is 6.16. The summed E-state index contributed by atoms with van der Waals surface area (Å²) in [5, 5.41) is 14.5. The Bertz CT molecular complexity index is 327. The fraction of sp³-hybridized carbons (Fsp3) is 0.300. The van der Waals surface area contributed by atoms with Gasteiger partial charge in [-0.15, -0.1) is 0 Å². The quantitative estimate of drug-likeness (QED) is 0.739. The third kappa shape index (κ3) is 4.18. The minimum absolute atomic E-state index is 0.0892. The first-order valence-corrected chi connectivity index (χ1v) is 4.93. The molecule has 1 aromatic carbocycles. The lowest BCUT2D eigenvalue weighted by molar-refractivity contribution is 0.229. The fourth-order valence-electron chi connectivity index (χ4n) is 0.970. The minimum Gasteiger partial charge on any atom is -0.394 e. The number of halogens is 1. The van der Waals surface area contributed by atoms with Gasteiger partial charge in [0.2, 0.25) is 0 Å². The van der Waals surface area contributed by atoms with Crippen LogP contribution in [-0.2, 0) is 0 Å². The van der Waals surface area contributed by atoms with Gasteiger partial charge in [0.15, 0.2) is 0 Å². The highest BCUT2D eigenvalue weighted by molar-refractivity contribution is 6.30. The van der Waals surface area contributed by atoms with Crippen molar-refractivity contribution < 1.29 is 9.90 Å². The summed E-state index contributed by atoms with van der Waals surface area (Å²) >= 11 is 5.69. The van der Waals surface area contributed by atoms with Crippen LogP contribution >= 0.6 is 11.6 Å². The van der Waals surface area contributed by atoms with Crippen LogP contribution in [0.4, 0.5) is 10.5 Å². The molecule has 1 unspecified atom stereocenters. The number of hydrogen-bond acceptors (Lipinski definition) is 2. The molecule has 0 radical (unpaired) electrons. The van der Waals surface area contributed by atoms with Crippen LogP contribution < -0.4 is 10.6 Å². The highest BCUT2D eigenvalue weighted by atomic mass is 35.5. The van der Waals surface area contributed by atoms with Crippen LogP contribution in [0, 0.1) is 0 Å². The molecule has 0 saturated carbocycles. The maximum atomic E-state index is 11.3. The van der Waals surface area contributed by atoms with Crippen molar-refractivity contribution in [3.05, 3.63) is 29.3 Å². The highest BCUT2D eigenvalue weighted by Gasteiger charge is 2.05. The Balaban J connectivity index is 2.48. The van der Waals surface area contributed by atoms with Crippen molar-refractivity contribution in [1.29, 1.82) is 0 Å². The normalized spacial score (nSPS) is 11.9. The summed E-state index contributed by atoms with van der Waals surface area (Å²) in [5.41, 5.74) is 0.655. The highest BCUT2D eigenvalue weighted by Crippen LogP contribution is 2.12. The summed E-state index contributed by atoms with van der Waals surface area (Å²) in [5.74, 6) is 0. The van der Waals surface area contributed by atoms with E-state index in [1.54, 1.807) is 31.2 Å². The van der Waals surface area contributed by atoms with Gasteiger partial charge in [0, 0.05) is 10.7 Å². The number of rotatable bonds is 3. The van der Waals surface area contributed by atoms with E-state index in [1.807, 2.05) is 0 Å². The number of benzene rings is 1. The van der Waals surface area contributed by atoms with E-state index in [0.717, 1.165) is 0 Å². The van der Waals surface area contributed by atoms with Gasteiger partial charge in [-0.25, -0.2) is 4.79 Å². The monoisotopic (exact) mass is 228 g/mol. The van der Waals surface area contributed by atoms with Gasteiger partial charge in [-0.3, -0.25) is 0 Å². The molecule has 0 aliphatic rings. The molecule has 0 aliphatic heterocycles. The number of aliphatic hydroxyl groups excluding tert-OH is 1. The predicted molar refractivity (Wildman–Crippen MR) is 60.2 cm³/mol. The zero-order chi connectivity index (χ0) is 11.3. The Kier molecular flexibility index (Phi) is 4.39. The van der Waals surface area contributed by atoms with E-state index in [1.165, 1.54) is 0 Å². The Morgan fingerprint density at radius 2 is 2.07 bits per heavy atom. The molecular weight excluding hydrogens is 216 g/mol. The molecule has 0 aliphatic carbocycles. The van der Waals surface area contributed by atoms with Gasteiger partial charge in [-0.2, -0.15) is 0 Å². The van der Waals surface area contributed by atoms with E-state index >= 15 is 0 Å². The number of nitrogens with one attached hydrogen (secondary N) is 2. The third-order valence-electron chi connectivity index (χ3n) is 1.75. The van der Waals surface area contributed by atoms with E-state index in [-0.39, 0.29) is 18.7 Å². The first-order valence-electron chi connectivity index (χ1n) is 4.55. The topological polar surface area (TPSA) is 61.4 Å². The first-order chi connectivity index (χ1) is 7.11. The number of carbonyl (C=O) groups is 1. The summed E-state index contributed by atoms with van der Waals surface area (Å²) in [6.07, 6.45) is 0. The van der Waals surface area contributed by atoms with Gasteiger partial charge < -0.3 is 15.7 Å². The second kappa shape index (κ2) is 5.58. The molecule has 0 fully saturated rings. The summed E-state index contributed by atoms with van der Waals surface area (Å²) in [6.45, 7) is 1.62. The SMILES string of the molecule is CC(CO)NC(=O)Nc1ccc(Cl)cc1. The van der Waals surface area contributed by atoms with E-state index < -0.39 is 0 Å². The average Bonchev–Trinajstić information content (AvgIpc) is 2.21. The Labute approximate surface area is 93.2 Å². The first kappa shape index (κ1) is 11.8. The van der Waals surface area contributed by atoms with Crippen molar-refractivity contribution in [2.24, 2.45) is 0 Å². The van der Waals surface area contributed by atoms with Gasteiger partial charge >= 0.3 is 6.03 Å². The lowest BCUT2D eigenvalue weighted by Crippen LogP contribution is -2.38. The van der Waals surface area contributed by atoms with Crippen LogP contribution in [0.1, 0.15) is 6.92 Å². The van der Waals surface area contributed by atoms with E-state index in [0.29, 0.717) is 10.7 Å². The number of amides is 2. The van der Waals surface area contributed by atoms with Gasteiger partial charge in [-0.1, -0.05) is 11.6 Å². The molecule has 1 rings (SSSR count). The third-order valence-corrected chi connectivity index (χ3v) is 2.01. The van der Waals surface area contributed by atoms with Gasteiger partial charge in [-0.05, 0) is 31.2 Å². The molecule has 15 heavy (non-hydrogen) atoms. The molecule has 5 heteroatoms. The zero-order valence-corrected chi connectivity index (χ0v) is 9.08. The number of hydrogen-bond donors (Lipinski definition) is 3. The zero-order valence-electron chi connectivity index (χ0n) is 8.33. The predicted octanol–water partition coefficient (Wildman–Crippen LogP) is 1.84. The largest absolute Gasteiger partial charge is 0.394 e. The molecule has 2 amide bonds. The van der Waals surface area contributed by atoms with E-state index in [4.69, 9.17) is 16.7 Å². The number of aliphatic hydroxyl groups is 1. The van der Waals surface area contributed by atoms with Crippen molar-refractivity contribution in [3.8, 4) is 0 Å². The standard InChI is InChI=1S/C10H13ClN2O2/c1-7(6-14)12-10(15)13-9-4-2-8(11)3-5-9/h2-5,7,14H,6H2,1H3,(H2,12,13,15). The minimum atomic E-state index is -0.348. The van der Waals surface area contributed by atoms with Crippen molar-refractivity contribution in [1.82, 2.24) is 5.32 Å². The number of urea groups is 1. The van der Waals surface area contributed by atoms with Crippen LogP contribution in [0.25, 0.3) is 0 Å². The Morgan fingerprint density at radius 1 is 1.47 bits per heavy atom. The second-order valence-electron chi connectivity index (χ2n) is 3.19. The summed E-state index contributed by atoms with van der Waals surface area (Å²) in [7, 11) is 0. The molecule has 1 aromatic rings. The van der Waals surface area contributed by atoms with Crippen molar-refractivity contribution in [3.63, 3.8) is 0 Å². The number of carbonyl (C=O) groups excluding carboxylic acids is 1. The van der Waals surface area contributed by atoms with Crippen LogP contribution in [-0.4, -0.2) is 23.8 Å². The van der Waals surface area contributed by atoms with Crippen LogP contribution in [0.2, 0.25) is 5.02 Å².